The van der Waals surface area contributed by atoms with Crippen LogP contribution < -0.4 is 4.90 Å². The van der Waals surface area contributed by atoms with Gasteiger partial charge in [0.15, 0.2) is 17.5 Å². The van der Waals surface area contributed by atoms with Crippen molar-refractivity contribution in [2.24, 2.45) is 0 Å². The molecule has 2 heterocycles. The summed E-state index contributed by atoms with van der Waals surface area (Å²) >= 11 is 0. The van der Waals surface area contributed by atoms with Gasteiger partial charge in [-0.2, -0.15) is 0 Å². The van der Waals surface area contributed by atoms with E-state index < -0.39 is 0 Å². The van der Waals surface area contributed by atoms with Gasteiger partial charge in [-0.25, -0.2) is 19.9 Å². The second-order valence-corrected chi connectivity index (χ2v) is 9.21. The Hall–Kier alpha value is -5.49. The second-order valence-electron chi connectivity index (χ2n) is 9.21. The summed E-state index contributed by atoms with van der Waals surface area (Å²) in [6.45, 7) is 0. The first-order valence-electron chi connectivity index (χ1n) is 12.6. The normalized spacial score (nSPS) is 12.7. The van der Waals surface area contributed by atoms with Crippen molar-refractivity contribution in [3.8, 4) is 34.2 Å². The molecule has 6 heteroatoms. The predicted octanol–water partition coefficient (Wildman–Crippen LogP) is 6.83. The highest BCUT2D eigenvalue weighted by Crippen LogP contribution is 2.37. The van der Waals surface area contributed by atoms with Gasteiger partial charge in [-0.3, -0.25) is 9.59 Å². The Kier molecular flexibility index (Phi) is 5.30. The van der Waals surface area contributed by atoms with Crippen LogP contribution in [0.5, 0.6) is 0 Å². The fourth-order valence-corrected chi connectivity index (χ4v) is 5.03. The van der Waals surface area contributed by atoms with E-state index in [9.17, 15) is 9.59 Å². The minimum atomic E-state index is -0.355. The Labute approximate surface area is 224 Å². The number of nitrogens with zero attached hydrogens (tertiary/aromatic N) is 4. The zero-order chi connectivity index (χ0) is 26.3. The highest BCUT2D eigenvalue weighted by atomic mass is 16.2. The Balaban J connectivity index is 1.45. The van der Waals surface area contributed by atoms with Crippen LogP contribution in [0.1, 0.15) is 20.7 Å². The van der Waals surface area contributed by atoms with Crippen LogP contribution >= 0.6 is 0 Å². The molecule has 1 aliphatic rings. The average molecular weight is 505 g/mol. The van der Waals surface area contributed by atoms with Crippen molar-refractivity contribution in [1.29, 1.82) is 0 Å². The molecule has 1 aromatic heterocycles. The van der Waals surface area contributed by atoms with Gasteiger partial charge in [0, 0.05) is 33.2 Å². The van der Waals surface area contributed by atoms with E-state index >= 15 is 0 Å². The molecule has 0 saturated heterocycles. The number of carbonyl (C=O) groups is 2. The Morgan fingerprint density at radius 3 is 1.51 bits per heavy atom. The first-order valence-corrected chi connectivity index (χ1v) is 12.6. The maximum Gasteiger partial charge on any atom is 0.265 e. The lowest BCUT2D eigenvalue weighted by atomic mass is 9.90. The van der Waals surface area contributed by atoms with Crippen molar-refractivity contribution in [2.75, 3.05) is 4.90 Å². The highest BCUT2D eigenvalue weighted by Gasteiger charge is 2.34. The summed E-state index contributed by atoms with van der Waals surface area (Å²) in [5.74, 6) is 0.848. The molecule has 2 amide bonds. The van der Waals surface area contributed by atoms with Gasteiger partial charge in [0.05, 0.1) is 5.69 Å². The molecule has 0 atom stereocenters. The lowest BCUT2D eigenvalue weighted by molar-refractivity contribution is 0.0893. The molecule has 6 aromatic rings. The van der Waals surface area contributed by atoms with Gasteiger partial charge >= 0.3 is 0 Å². The fourth-order valence-electron chi connectivity index (χ4n) is 5.03. The van der Waals surface area contributed by atoms with Crippen molar-refractivity contribution in [3.63, 3.8) is 0 Å². The molecule has 0 spiro atoms. The molecule has 7 rings (SSSR count). The summed E-state index contributed by atoms with van der Waals surface area (Å²) in [4.78, 5) is 42.9. The largest absolute Gasteiger partial charge is 0.268 e. The van der Waals surface area contributed by atoms with Crippen molar-refractivity contribution >= 4 is 28.3 Å². The summed E-state index contributed by atoms with van der Waals surface area (Å²) < 4.78 is 0. The number of hydrogen-bond acceptors (Lipinski definition) is 5. The first-order chi connectivity index (χ1) is 19.2. The van der Waals surface area contributed by atoms with Crippen molar-refractivity contribution in [3.05, 3.63) is 132 Å². The summed E-state index contributed by atoms with van der Waals surface area (Å²) in [6, 6.07) is 37.6. The number of para-hydroxylation sites is 1. The Bertz CT molecular complexity index is 1810. The molecule has 0 saturated carbocycles. The number of rotatable bonds is 4. The number of benzene rings is 5. The van der Waals surface area contributed by atoms with Gasteiger partial charge in [0.2, 0.25) is 0 Å². The Morgan fingerprint density at radius 2 is 0.923 bits per heavy atom. The number of amides is 2. The van der Waals surface area contributed by atoms with Crippen LogP contribution in [0.4, 0.5) is 5.69 Å². The van der Waals surface area contributed by atoms with E-state index in [4.69, 9.17) is 15.0 Å². The van der Waals surface area contributed by atoms with Gasteiger partial charge in [-0.1, -0.05) is 91.0 Å². The van der Waals surface area contributed by atoms with Gasteiger partial charge in [0.1, 0.15) is 0 Å². The molecular weight excluding hydrogens is 484 g/mol. The maximum absolute atomic E-state index is 13.6. The molecule has 1 aliphatic heterocycles. The molecule has 0 radical (unpaired) electrons. The standard InChI is InChI=1S/C33H20N4O2/c38-32-26-18-10-17-24-25(19-20-27(28(24)26)33(39)37(32)23-15-8-3-9-16-23)31-35-29(21-11-4-1-5-12-21)34-30(36-31)22-13-6-2-7-14-22/h1-20H. The van der Waals surface area contributed by atoms with Crippen LogP contribution in [-0.4, -0.2) is 26.8 Å². The number of anilines is 1. The molecule has 184 valence electrons. The summed E-state index contributed by atoms with van der Waals surface area (Å²) in [7, 11) is 0. The van der Waals surface area contributed by atoms with Crippen LogP contribution in [0.2, 0.25) is 0 Å². The summed E-state index contributed by atoms with van der Waals surface area (Å²) in [5, 5.41) is 1.35. The summed E-state index contributed by atoms with van der Waals surface area (Å²) in [5.41, 5.74) is 3.93. The second kappa shape index (κ2) is 9.11. The quantitative estimate of drug-likeness (QED) is 0.246. The average Bonchev–Trinajstić information content (AvgIpc) is 3.01. The molecule has 0 fully saturated rings. The van der Waals surface area contributed by atoms with E-state index in [1.165, 1.54) is 4.90 Å². The summed E-state index contributed by atoms with van der Waals surface area (Å²) in [6.07, 6.45) is 0. The minimum Gasteiger partial charge on any atom is -0.268 e. The van der Waals surface area contributed by atoms with E-state index in [1.807, 2.05) is 97.1 Å². The van der Waals surface area contributed by atoms with E-state index in [1.54, 1.807) is 24.3 Å². The minimum absolute atomic E-state index is 0.355. The highest BCUT2D eigenvalue weighted by molar-refractivity contribution is 6.36. The van der Waals surface area contributed by atoms with Crippen molar-refractivity contribution < 1.29 is 9.59 Å². The monoisotopic (exact) mass is 504 g/mol. The maximum atomic E-state index is 13.6. The van der Waals surface area contributed by atoms with E-state index in [-0.39, 0.29) is 11.8 Å². The molecule has 0 bridgehead atoms. The van der Waals surface area contributed by atoms with Crippen LogP contribution in [-0.2, 0) is 0 Å². The van der Waals surface area contributed by atoms with Gasteiger partial charge in [-0.05, 0) is 35.7 Å². The third-order valence-corrected chi connectivity index (χ3v) is 6.86. The molecule has 6 nitrogen and oxygen atoms in total. The van der Waals surface area contributed by atoms with E-state index in [0.29, 0.717) is 39.7 Å². The molecule has 0 aliphatic carbocycles. The van der Waals surface area contributed by atoms with Gasteiger partial charge in [-0.15, -0.1) is 0 Å². The predicted molar refractivity (Wildman–Crippen MR) is 151 cm³/mol. The lowest BCUT2D eigenvalue weighted by Gasteiger charge is -2.27. The third kappa shape index (κ3) is 3.78. The molecular formula is C33H20N4O2. The third-order valence-electron chi connectivity index (χ3n) is 6.86. The van der Waals surface area contributed by atoms with Crippen LogP contribution in [0.3, 0.4) is 0 Å². The van der Waals surface area contributed by atoms with Crippen molar-refractivity contribution in [2.45, 2.75) is 0 Å². The number of aromatic nitrogens is 3. The van der Waals surface area contributed by atoms with Crippen molar-refractivity contribution in [1.82, 2.24) is 15.0 Å². The van der Waals surface area contributed by atoms with Crippen LogP contribution in [0, 0.1) is 0 Å². The number of imide groups is 1. The van der Waals surface area contributed by atoms with Gasteiger partial charge < -0.3 is 0 Å². The van der Waals surface area contributed by atoms with E-state index in [0.717, 1.165) is 22.1 Å². The topological polar surface area (TPSA) is 76.0 Å². The van der Waals surface area contributed by atoms with Crippen LogP contribution in [0.25, 0.3) is 44.9 Å². The lowest BCUT2D eigenvalue weighted by Crippen LogP contribution is -2.40. The molecule has 39 heavy (non-hydrogen) atoms. The first kappa shape index (κ1) is 22.7. The number of hydrogen-bond donors (Lipinski definition) is 0. The van der Waals surface area contributed by atoms with Crippen LogP contribution in [0.15, 0.2) is 121 Å². The fraction of sp³-hybridized carbons (Fsp3) is 0. The zero-order valence-electron chi connectivity index (χ0n) is 20.7. The Morgan fingerprint density at radius 1 is 0.436 bits per heavy atom. The SMILES string of the molecule is O=C1c2cccc3c(-c4nc(-c5ccccc5)nc(-c5ccccc5)n4)ccc(c23)C(=O)N1c1ccccc1. The number of carbonyl (C=O) groups excluding carboxylic acids is 2. The molecule has 0 N–H and O–H groups in total. The zero-order valence-corrected chi connectivity index (χ0v) is 20.7. The molecule has 5 aromatic carbocycles. The molecule has 0 unspecified atom stereocenters. The smallest absolute Gasteiger partial charge is 0.265 e. The van der Waals surface area contributed by atoms with E-state index in [2.05, 4.69) is 0 Å². The van der Waals surface area contributed by atoms with Gasteiger partial charge in [0.25, 0.3) is 11.8 Å².